The molecule has 0 aromatic carbocycles. The highest BCUT2D eigenvalue weighted by molar-refractivity contribution is 9.10. The van der Waals surface area contributed by atoms with Crippen molar-refractivity contribution in [2.24, 2.45) is 0 Å². The molecule has 6 heteroatoms. The van der Waals surface area contributed by atoms with E-state index in [1.54, 1.807) is 6.20 Å². The second-order valence-electron chi connectivity index (χ2n) is 4.44. The van der Waals surface area contributed by atoms with Crippen LogP contribution >= 0.6 is 15.9 Å². The van der Waals surface area contributed by atoms with Gasteiger partial charge in [-0.3, -0.25) is 4.79 Å². The molecular formula is C13H18BrN3O2. The Hall–Kier alpha value is -1.14. The van der Waals surface area contributed by atoms with E-state index in [2.05, 4.69) is 26.2 Å². The van der Waals surface area contributed by atoms with Crippen LogP contribution < -0.4 is 10.2 Å². The van der Waals surface area contributed by atoms with Crippen molar-refractivity contribution >= 4 is 27.7 Å². The molecule has 0 spiro atoms. The smallest absolute Gasteiger partial charge is 0.245 e. The molecule has 1 aromatic rings. The number of nitrogens with zero attached hydrogens (tertiary/aromatic N) is 2. The highest BCUT2D eigenvalue weighted by Gasteiger charge is 2.31. The first-order chi connectivity index (χ1) is 9.15. The van der Waals surface area contributed by atoms with E-state index in [1.807, 2.05) is 24.8 Å². The lowest BCUT2D eigenvalue weighted by Gasteiger charge is -2.36. The zero-order chi connectivity index (χ0) is 13.8. The van der Waals surface area contributed by atoms with Crippen LogP contribution in [0.4, 0.5) is 5.82 Å². The minimum absolute atomic E-state index is 0.0163. The lowest BCUT2D eigenvalue weighted by molar-refractivity contribution is -0.124. The average molecular weight is 328 g/mol. The normalized spacial score (nSPS) is 19.3. The zero-order valence-electron chi connectivity index (χ0n) is 11.1. The van der Waals surface area contributed by atoms with Crippen molar-refractivity contribution in [2.45, 2.75) is 19.9 Å². The lowest BCUT2D eigenvalue weighted by Crippen LogP contribution is -2.54. The summed E-state index contributed by atoms with van der Waals surface area (Å²) in [6, 6.07) is 1.62. The number of ether oxygens (including phenoxy) is 1. The van der Waals surface area contributed by atoms with Gasteiger partial charge in [0.1, 0.15) is 11.9 Å². The summed E-state index contributed by atoms with van der Waals surface area (Å²) < 4.78 is 6.36. The van der Waals surface area contributed by atoms with Gasteiger partial charge in [0.05, 0.1) is 17.7 Å². The molecule has 1 aliphatic heterocycles. The summed E-state index contributed by atoms with van der Waals surface area (Å²) in [5.74, 6) is 0.789. The number of pyridine rings is 1. The standard InChI is InChI=1S/C13H18BrN3O2/c1-3-15-13(18)10-8-19-7-6-17(10)12-11(14)9(2)4-5-16-12/h4-5,10H,3,6-8H2,1-2H3,(H,15,18). The molecular weight excluding hydrogens is 310 g/mol. The van der Waals surface area contributed by atoms with Crippen LogP contribution in [0, 0.1) is 6.92 Å². The molecule has 19 heavy (non-hydrogen) atoms. The van der Waals surface area contributed by atoms with E-state index < -0.39 is 0 Å². The summed E-state index contributed by atoms with van der Waals surface area (Å²) in [6.07, 6.45) is 1.76. The maximum absolute atomic E-state index is 12.1. The first-order valence-corrected chi connectivity index (χ1v) is 7.17. The third kappa shape index (κ3) is 3.06. The number of hydrogen-bond acceptors (Lipinski definition) is 4. The Morgan fingerprint density at radius 2 is 2.47 bits per heavy atom. The van der Waals surface area contributed by atoms with Gasteiger partial charge in [-0.15, -0.1) is 0 Å². The summed E-state index contributed by atoms with van der Waals surface area (Å²) in [7, 11) is 0. The van der Waals surface area contributed by atoms with Gasteiger partial charge >= 0.3 is 0 Å². The maximum atomic E-state index is 12.1. The van der Waals surface area contributed by atoms with Crippen molar-refractivity contribution in [3.05, 3.63) is 22.3 Å². The number of likely N-dealkylation sites (N-methyl/N-ethyl adjacent to an activating group) is 1. The molecule has 0 aliphatic carbocycles. The summed E-state index contributed by atoms with van der Waals surface area (Å²) >= 11 is 3.55. The molecule has 104 valence electrons. The van der Waals surface area contributed by atoms with E-state index in [-0.39, 0.29) is 11.9 Å². The number of amides is 1. The molecule has 1 aromatic heterocycles. The van der Waals surface area contributed by atoms with Gasteiger partial charge in [0, 0.05) is 19.3 Å². The van der Waals surface area contributed by atoms with E-state index in [0.29, 0.717) is 26.3 Å². The molecule has 1 amide bonds. The molecule has 1 unspecified atom stereocenters. The third-order valence-electron chi connectivity index (χ3n) is 3.12. The van der Waals surface area contributed by atoms with Gasteiger partial charge in [-0.2, -0.15) is 0 Å². The predicted octanol–water partition coefficient (Wildman–Crippen LogP) is 1.49. The number of aryl methyl sites for hydroxylation is 1. The molecule has 2 heterocycles. The SMILES string of the molecule is CCNC(=O)C1COCCN1c1nccc(C)c1Br. The van der Waals surface area contributed by atoms with Gasteiger partial charge in [-0.1, -0.05) is 0 Å². The molecule has 0 saturated carbocycles. The maximum Gasteiger partial charge on any atom is 0.245 e. The van der Waals surface area contributed by atoms with Crippen LogP contribution in [-0.4, -0.2) is 43.2 Å². The van der Waals surface area contributed by atoms with Crippen LogP contribution in [0.2, 0.25) is 0 Å². The molecule has 2 rings (SSSR count). The highest BCUT2D eigenvalue weighted by atomic mass is 79.9. The summed E-state index contributed by atoms with van der Waals surface area (Å²) in [5.41, 5.74) is 1.10. The van der Waals surface area contributed by atoms with Crippen molar-refractivity contribution in [1.29, 1.82) is 0 Å². The largest absolute Gasteiger partial charge is 0.377 e. The number of halogens is 1. The van der Waals surface area contributed by atoms with Crippen LogP contribution in [0.25, 0.3) is 0 Å². The van der Waals surface area contributed by atoms with Gasteiger partial charge in [-0.05, 0) is 41.4 Å². The number of anilines is 1. The Morgan fingerprint density at radius 1 is 1.68 bits per heavy atom. The molecule has 0 radical (unpaired) electrons. The number of carbonyl (C=O) groups excluding carboxylic acids is 1. The average Bonchev–Trinajstić information content (AvgIpc) is 2.42. The highest BCUT2D eigenvalue weighted by Crippen LogP contribution is 2.29. The Bertz CT molecular complexity index is 467. The predicted molar refractivity (Wildman–Crippen MR) is 77.3 cm³/mol. The third-order valence-corrected chi connectivity index (χ3v) is 4.10. The molecule has 1 fully saturated rings. The Morgan fingerprint density at radius 3 is 3.21 bits per heavy atom. The first kappa shape index (κ1) is 14.3. The zero-order valence-corrected chi connectivity index (χ0v) is 12.7. The van der Waals surface area contributed by atoms with E-state index in [9.17, 15) is 4.79 Å². The Labute approximate surface area is 121 Å². The monoisotopic (exact) mass is 327 g/mol. The fourth-order valence-corrected chi connectivity index (χ4v) is 2.55. The fourth-order valence-electron chi connectivity index (χ4n) is 2.09. The van der Waals surface area contributed by atoms with Crippen LogP contribution in [0.15, 0.2) is 16.7 Å². The van der Waals surface area contributed by atoms with Crippen molar-refractivity contribution in [2.75, 3.05) is 31.2 Å². The van der Waals surface area contributed by atoms with Gasteiger partial charge < -0.3 is 15.0 Å². The number of carbonyl (C=O) groups is 1. The van der Waals surface area contributed by atoms with Crippen LogP contribution in [0.3, 0.4) is 0 Å². The van der Waals surface area contributed by atoms with Crippen molar-refractivity contribution in [1.82, 2.24) is 10.3 Å². The molecule has 1 N–H and O–H groups in total. The molecule has 1 atom stereocenters. The molecule has 1 aliphatic rings. The number of morpholine rings is 1. The number of aromatic nitrogens is 1. The topological polar surface area (TPSA) is 54.5 Å². The minimum Gasteiger partial charge on any atom is -0.377 e. The summed E-state index contributed by atoms with van der Waals surface area (Å²) in [5, 5.41) is 2.85. The van der Waals surface area contributed by atoms with Gasteiger partial charge in [-0.25, -0.2) is 4.98 Å². The van der Waals surface area contributed by atoms with Gasteiger partial charge in [0.25, 0.3) is 0 Å². The van der Waals surface area contributed by atoms with E-state index >= 15 is 0 Å². The second-order valence-corrected chi connectivity index (χ2v) is 5.24. The van der Waals surface area contributed by atoms with Crippen molar-refractivity contribution in [3.63, 3.8) is 0 Å². The molecule has 0 bridgehead atoms. The summed E-state index contributed by atoms with van der Waals surface area (Å²) in [4.78, 5) is 18.5. The Kier molecular flexibility index (Phi) is 4.76. The van der Waals surface area contributed by atoms with E-state index in [1.165, 1.54) is 0 Å². The molecule has 5 nitrogen and oxygen atoms in total. The lowest BCUT2D eigenvalue weighted by atomic mass is 10.2. The summed E-state index contributed by atoms with van der Waals surface area (Å²) in [6.45, 7) is 6.21. The van der Waals surface area contributed by atoms with Crippen LogP contribution in [-0.2, 0) is 9.53 Å². The first-order valence-electron chi connectivity index (χ1n) is 6.38. The quantitative estimate of drug-likeness (QED) is 0.914. The van der Waals surface area contributed by atoms with Crippen LogP contribution in [0.5, 0.6) is 0 Å². The molecule has 1 saturated heterocycles. The minimum atomic E-state index is -0.320. The fraction of sp³-hybridized carbons (Fsp3) is 0.538. The second kappa shape index (κ2) is 6.34. The van der Waals surface area contributed by atoms with E-state index in [0.717, 1.165) is 15.9 Å². The van der Waals surface area contributed by atoms with Crippen molar-refractivity contribution in [3.8, 4) is 0 Å². The number of rotatable bonds is 3. The van der Waals surface area contributed by atoms with Gasteiger partial charge in [0.2, 0.25) is 5.91 Å². The van der Waals surface area contributed by atoms with E-state index in [4.69, 9.17) is 4.74 Å². The number of hydrogen-bond donors (Lipinski definition) is 1. The van der Waals surface area contributed by atoms with Crippen molar-refractivity contribution < 1.29 is 9.53 Å². The number of nitrogens with one attached hydrogen (secondary N) is 1. The Balaban J connectivity index is 2.29. The van der Waals surface area contributed by atoms with Gasteiger partial charge in [0.15, 0.2) is 0 Å². The van der Waals surface area contributed by atoms with Crippen LogP contribution in [0.1, 0.15) is 12.5 Å².